The molecule has 3 aromatic rings. The first-order valence-corrected chi connectivity index (χ1v) is 12.8. The molecule has 1 fully saturated rings. The van der Waals surface area contributed by atoms with Gasteiger partial charge in [0.2, 0.25) is 5.91 Å². The minimum atomic E-state index is -4.04. The molecular formula is C25H26ClN3O5S. The van der Waals surface area contributed by atoms with Gasteiger partial charge in [0.05, 0.1) is 35.9 Å². The van der Waals surface area contributed by atoms with Gasteiger partial charge in [-0.1, -0.05) is 29.8 Å². The maximum Gasteiger partial charge on any atom is 0.264 e. The lowest BCUT2D eigenvalue weighted by atomic mass is 10.2. The predicted molar refractivity (Wildman–Crippen MR) is 137 cm³/mol. The fraction of sp³-hybridized carbons (Fsp3) is 0.240. The van der Waals surface area contributed by atoms with E-state index in [0.717, 1.165) is 23.1 Å². The van der Waals surface area contributed by atoms with Gasteiger partial charge in [0.15, 0.2) is 0 Å². The van der Waals surface area contributed by atoms with Crippen molar-refractivity contribution in [2.45, 2.75) is 4.90 Å². The second kappa shape index (κ2) is 11.0. The first-order chi connectivity index (χ1) is 16.9. The summed E-state index contributed by atoms with van der Waals surface area (Å²) in [4.78, 5) is 15.2. The molecule has 1 saturated heterocycles. The van der Waals surface area contributed by atoms with Gasteiger partial charge in [0.1, 0.15) is 12.3 Å². The number of methoxy groups -OCH3 is 1. The number of benzene rings is 3. The highest BCUT2D eigenvalue weighted by molar-refractivity contribution is 7.92. The molecule has 1 aliphatic rings. The summed E-state index contributed by atoms with van der Waals surface area (Å²) < 4.78 is 38.5. The summed E-state index contributed by atoms with van der Waals surface area (Å²) in [5.41, 5.74) is 1.85. The molecule has 0 aromatic heterocycles. The van der Waals surface area contributed by atoms with Crippen molar-refractivity contribution in [3.05, 3.63) is 77.8 Å². The van der Waals surface area contributed by atoms with Crippen molar-refractivity contribution in [2.24, 2.45) is 0 Å². The number of rotatable bonds is 8. The lowest BCUT2D eigenvalue weighted by Gasteiger charge is -2.29. The van der Waals surface area contributed by atoms with Crippen molar-refractivity contribution in [3.8, 4) is 5.75 Å². The van der Waals surface area contributed by atoms with Crippen molar-refractivity contribution in [1.29, 1.82) is 0 Å². The second-order valence-electron chi connectivity index (χ2n) is 7.84. The smallest absolute Gasteiger partial charge is 0.264 e. The van der Waals surface area contributed by atoms with Crippen LogP contribution in [0.2, 0.25) is 5.02 Å². The van der Waals surface area contributed by atoms with E-state index in [1.54, 1.807) is 42.5 Å². The van der Waals surface area contributed by atoms with Gasteiger partial charge in [0.25, 0.3) is 10.0 Å². The van der Waals surface area contributed by atoms with Crippen LogP contribution in [0.3, 0.4) is 0 Å². The molecule has 1 heterocycles. The molecule has 10 heteroatoms. The fourth-order valence-electron chi connectivity index (χ4n) is 3.75. The first-order valence-electron chi connectivity index (χ1n) is 11.0. The molecule has 4 rings (SSSR count). The van der Waals surface area contributed by atoms with Crippen LogP contribution in [0.1, 0.15) is 0 Å². The Bertz CT molecular complexity index is 1260. The van der Waals surface area contributed by atoms with Crippen molar-refractivity contribution < 1.29 is 22.7 Å². The minimum absolute atomic E-state index is 0.0644. The highest BCUT2D eigenvalue weighted by atomic mass is 35.5. The van der Waals surface area contributed by atoms with Crippen LogP contribution in [-0.4, -0.2) is 54.3 Å². The molecule has 35 heavy (non-hydrogen) atoms. The average molecular weight is 516 g/mol. The molecule has 8 nitrogen and oxygen atoms in total. The third-order valence-corrected chi connectivity index (χ3v) is 7.65. The molecule has 0 saturated carbocycles. The zero-order valence-electron chi connectivity index (χ0n) is 19.2. The summed E-state index contributed by atoms with van der Waals surface area (Å²) in [5.74, 6) is -0.0899. The van der Waals surface area contributed by atoms with E-state index < -0.39 is 22.5 Å². The molecule has 1 N–H and O–H groups in total. The van der Waals surface area contributed by atoms with E-state index in [4.69, 9.17) is 21.1 Å². The summed E-state index contributed by atoms with van der Waals surface area (Å²) in [6.45, 7) is 2.54. The number of morpholine rings is 1. The highest BCUT2D eigenvalue weighted by Crippen LogP contribution is 2.32. The van der Waals surface area contributed by atoms with E-state index in [0.29, 0.717) is 24.7 Å². The molecule has 3 aromatic carbocycles. The highest BCUT2D eigenvalue weighted by Gasteiger charge is 2.28. The van der Waals surface area contributed by atoms with Crippen LogP contribution in [0.15, 0.2) is 77.7 Å². The van der Waals surface area contributed by atoms with Gasteiger partial charge in [-0.2, -0.15) is 0 Å². The van der Waals surface area contributed by atoms with Crippen LogP contribution in [0.25, 0.3) is 0 Å². The van der Waals surface area contributed by atoms with Crippen molar-refractivity contribution >= 4 is 44.6 Å². The molecule has 1 amide bonds. The monoisotopic (exact) mass is 515 g/mol. The third kappa shape index (κ3) is 5.87. The number of anilines is 3. The molecule has 0 unspecified atom stereocenters. The maximum atomic E-state index is 13.5. The van der Waals surface area contributed by atoms with Gasteiger partial charge < -0.3 is 19.7 Å². The van der Waals surface area contributed by atoms with Gasteiger partial charge in [-0.15, -0.1) is 0 Å². The minimum Gasteiger partial charge on any atom is -0.495 e. The lowest BCUT2D eigenvalue weighted by molar-refractivity contribution is -0.114. The van der Waals surface area contributed by atoms with E-state index in [1.165, 1.54) is 25.3 Å². The van der Waals surface area contributed by atoms with Crippen molar-refractivity contribution in [3.63, 3.8) is 0 Å². The van der Waals surface area contributed by atoms with Gasteiger partial charge in [-0.25, -0.2) is 8.42 Å². The molecule has 0 spiro atoms. The topological polar surface area (TPSA) is 88.2 Å². The lowest BCUT2D eigenvalue weighted by Crippen LogP contribution is -2.38. The number of nitrogens with zero attached hydrogens (tertiary/aromatic N) is 2. The number of nitrogens with one attached hydrogen (secondary N) is 1. The Balaban J connectivity index is 1.56. The second-order valence-corrected chi connectivity index (χ2v) is 10.1. The van der Waals surface area contributed by atoms with E-state index in [1.807, 2.05) is 12.1 Å². The summed E-state index contributed by atoms with van der Waals surface area (Å²) in [5, 5.41) is 3.02. The van der Waals surface area contributed by atoms with Crippen molar-refractivity contribution in [2.75, 3.05) is 54.5 Å². The van der Waals surface area contributed by atoms with Gasteiger partial charge in [-0.3, -0.25) is 9.10 Å². The first kappa shape index (κ1) is 24.8. The summed E-state index contributed by atoms with van der Waals surface area (Å²) in [6.07, 6.45) is 0. The Labute approximate surface area is 210 Å². The SMILES string of the molecule is COc1ccc(N(CC(=O)Nc2ccc(N3CCOCC3)cc2)S(=O)(=O)c2ccccc2)cc1Cl. The van der Waals surface area contributed by atoms with Gasteiger partial charge in [0, 0.05) is 24.5 Å². The molecule has 0 aliphatic carbocycles. The zero-order chi connectivity index (χ0) is 24.8. The zero-order valence-corrected chi connectivity index (χ0v) is 20.8. The molecular weight excluding hydrogens is 490 g/mol. The average Bonchev–Trinajstić information content (AvgIpc) is 2.88. The van der Waals surface area contributed by atoms with E-state index in [-0.39, 0.29) is 15.6 Å². The van der Waals surface area contributed by atoms with Crippen LogP contribution < -0.4 is 19.3 Å². The molecule has 0 atom stereocenters. The maximum absolute atomic E-state index is 13.5. The molecule has 1 aliphatic heterocycles. The van der Waals surface area contributed by atoms with Crippen LogP contribution in [0.4, 0.5) is 17.1 Å². The van der Waals surface area contributed by atoms with Crippen LogP contribution in [0, 0.1) is 0 Å². The summed E-state index contributed by atoms with van der Waals surface area (Å²) in [6, 6.07) is 19.9. The van der Waals surface area contributed by atoms with Gasteiger partial charge in [-0.05, 0) is 54.6 Å². The standard InChI is InChI=1S/C25H26ClN3O5S/c1-33-24-12-11-21(17-23(24)26)29(35(31,32)22-5-3-2-4-6-22)18-25(30)27-19-7-9-20(10-8-19)28-13-15-34-16-14-28/h2-12,17H,13-16,18H2,1H3,(H,27,30). The van der Waals surface area contributed by atoms with Crippen LogP contribution in [0.5, 0.6) is 5.75 Å². The summed E-state index contributed by atoms with van der Waals surface area (Å²) in [7, 11) is -2.58. The quantitative estimate of drug-likeness (QED) is 0.487. The Morgan fingerprint density at radius 1 is 1.06 bits per heavy atom. The molecule has 0 bridgehead atoms. The molecule has 0 radical (unpaired) electrons. The Hall–Kier alpha value is -3.27. The van der Waals surface area contributed by atoms with Crippen LogP contribution in [-0.2, 0) is 19.6 Å². The van der Waals surface area contributed by atoms with Crippen LogP contribution >= 0.6 is 11.6 Å². The molecule has 184 valence electrons. The Morgan fingerprint density at radius 2 is 1.74 bits per heavy atom. The number of hydrogen-bond donors (Lipinski definition) is 1. The normalized spacial score (nSPS) is 13.8. The predicted octanol–water partition coefficient (Wildman–Crippen LogP) is 4.02. The Morgan fingerprint density at radius 3 is 2.37 bits per heavy atom. The van der Waals surface area contributed by atoms with E-state index in [9.17, 15) is 13.2 Å². The number of sulfonamides is 1. The third-order valence-electron chi connectivity index (χ3n) is 5.57. The number of carbonyl (C=O) groups is 1. The van der Waals surface area contributed by atoms with Gasteiger partial charge >= 0.3 is 0 Å². The van der Waals surface area contributed by atoms with Crippen molar-refractivity contribution in [1.82, 2.24) is 0 Å². The number of ether oxygens (including phenoxy) is 2. The van der Waals surface area contributed by atoms with E-state index >= 15 is 0 Å². The fourth-order valence-corrected chi connectivity index (χ4v) is 5.44. The number of carbonyl (C=O) groups excluding carboxylic acids is 1. The summed E-state index contributed by atoms with van der Waals surface area (Å²) >= 11 is 6.26. The van der Waals surface area contributed by atoms with E-state index in [2.05, 4.69) is 10.2 Å². The number of hydrogen-bond acceptors (Lipinski definition) is 6. The Kier molecular flexibility index (Phi) is 7.80. The number of amides is 1. The number of halogens is 1. The largest absolute Gasteiger partial charge is 0.495 e.